The molecule has 0 spiro atoms. The molecule has 3 saturated heterocycles. The van der Waals surface area contributed by atoms with Gasteiger partial charge < -0.3 is 79.9 Å². The van der Waals surface area contributed by atoms with E-state index in [-0.39, 0.29) is 0 Å². The molecule has 3 rings (SSSR count). The first-order valence-corrected chi connectivity index (χ1v) is 10.6. The third-order valence-electron chi connectivity index (χ3n) is 6.17. The summed E-state index contributed by atoms with van der Waals surface area (Å²) in [5.74, 6) is -2.43. The number of ether oxygens (including phenoxy) is 5. The van der Waals surface area contributed by atoms with Gasteiger partial charge in [-0.15, -0.1) is 0 Å². The third-order valence-corrected chi connectivity index (χ3v) is 6.17. The van der Waals surface area contributed by atoms with Crippen molar-refractivity contribution < 1.29 is 79.9 Å². The molecule has 0 unspecified atom stereocenters. The zero-order valence-electron chi connectivity index (χ0n) is 17.8. The van der Waals surface area contributed by atoms with Gasteiger partial charge in [-0.05, 0) is 0 Å². The predicted octanol–water partition coefficient (Wildman–Crippen LogP) is -7.57. The van der Waals surface area contributed by atoms with Crippen LogP contribution in [0.1, 0.15) is 0 Å². The van der Waals surface area contributed by atoms with E-state index in [0.29, 0.717) is 0 Å². The highest BCUT2D eigenvalue weighted by atomic mass is 16.8. The van der Waals surface area contributed by atoms with Crippen LogP contribution in [0.5, 0.6) is 0 Å². The van der Waals surface area contributed by atoms with E-state index in [4.69, 9.17) is 23.7 Å². The molecule has 0 aromatic carbocycles. The van der Waals surface area contributed by atoms with Gasteiger partial charge in [-0.2, -0.15) is 0 Å². The Labute approximate surface area is 192 Å². The lowest BCUT2D eigenvalue weighted by atomic mass is 9.98. The Bertz CT molecular complexity index is 651. The fourth-order valence-corrected chi connectivity index (χ4v) is 4.12. The minimum Gasteiger partial charge on any atom is -0.394 e. The zero-order valence-corrected chi connectivity index (χ0v) is 17.8. The van der Waals surface area contributed by atoms with E-state index in [1.54, 1.807) is 0 Å². The van der Waals surface area contributed by atoms with Gasteiger partial charge in [0, 0.05) is 0 Å². The summed E-state index contributed by atoms with van der Waals surface area (Å²) in [4.78, 5) is 0. The van der Waals surface area contributed by atoms with Crippen LogP contribution in [-0.4, -0.2) is 168 Å². The Morgan fingerprint density at radius 1 is 0.559 bits per heavy atom. The van der Waals surface area contributed by atoms with Crippen LogP contribution in [0.15, 0.2) is 0 Å². The lowest BCUT2D eigenvalue weighted by Crippen LogP contribution is -2.64. The second-order valence-corrected chi connectivity index (χ2v) is 8.37. The van der Waals surface area contributed by atoms with Gasteiger partial charge in [0.1, 0.15) is 73.8 Å². The third kappa shape index (κ3) is 4.96. The molecule has 0 amide bonds. The Balaban J connectivity index is 1.87. The number of aliphatic hydroxyl groups is 11. The van der Waals surface area contributed by atoms with Crippen LogP contribution in [0.3, 0.4) is 0 Å². The molecule has 0 bridgehead atoms. The van der Waals surface area contributed by atoms with Crippen LogP contribution in [0, 0.1) is 0 Å². The average molecular weight is 504 g/mol. The second-order valence-electron chi connectivity index (χ2n) is 8.37. The molecule has 200 valence electrons. The van der Waals surface area contributed by atoms with Gasteiger partial charge in [0.15, 0.2) is 12.6 Å². The van der Waals surface area contributed by atoms with Gasteiger partial charge in [0.05, 0.1) is 19.8 Å². The van der Waals surface area contributed by atoms with Crippen LogP contribution >= 0.6 is 0 Å². The zero-order chi connectivity index (χ0) is 25.4. The molecule has 14 atom stereocenters. The van der Waals surface area contributed by atoms with Crippen LogP contribution in [0.2, 0.25) is 0 Å². The van der Waals surface area contributed by atoms with Crippen LogP contribution in [0.4, 0.5) is 0 Å². The highest BCUT2D eigenvalue weighted by Crippen LogP contribution is 2.39. The maximum absolute atomic E-state index is 10.6. The summed E-state index contributed by atoms with van der Waals surface area (Å²) in [6.45, 7) is -3.49. The number of hydrogen-bond donors (Lipinski definition) is 11. The van der Waals surface area contributed by atoms with Gasteiger partial charge in [-0.25, -0.2) is 0 Å². The van der Waals surface area contributed by atoms with Gasteiger partial charge in [0.25, 0.3) is 0 Å². The van der Waals surface area contributed by atoms with Crippen molar-refractivity contribution in [2.75, 3.05) is 26.4 Å². The van der Waals surface area contributed by atoms with E-state index >= 15 is 0 Å². The van der Waals surface area contributed by atoms with Crippen molar-refractivity contribution in [2.45, 2.75) is 85.5 Å². The topological polar surface area (TPSA) is 269 Å². The van der Waals surface area contributed by atoms with Gasteiger partial charge in [0.2, 0.25) is 5.79 Å². The van der Waals surface area contributed by atoms with Crippen LogP contribution in [-0.2, 0) is 23.7 Å². The summed E-state index contributed by atoms with van der Waals surface area (Å²) in [6, 6.07) is 0. The summed E-state index contributed by atoms with van der Waals surface area (Å²) in [7, 11) is 0. The van der Waals surface area contributed by atoms with Gasteiger partial charge >= 0.3 is 0 Å². The van der Waals surface area contributed by atoms with Crippen molar-refractivity contribution in [1.82, 2.24) is 0 Å². The molecule has 16 heteroatoms. The first-order chi connectivity index (χ1) is 16.0. The fraction of sp³-hybridized carbons (Fsp3) is 1.00. The Morgan fingerprint density at radius 2 is 1.03 bits per heavy atom. The molecule has 3 aliphatic rings. The second kappa shape index (κ2) is 11.2. The van der Waals surface area contributed by atoms with Crippen LogP contribution < -0.4 is 0 Å². The minimum atomic E-state index is -2.43. The molecule has 34 heavy (non-hydrogen) atoms. The quantitative estimate of drug-likeness (QED) is 0.146. The van der Waals surface area contributed by atoms with E-state index in [2.05, 4.69) is 0 Å². The molecule has 0 radical (unpaired) electrons. The molecule has 16 nitrogen and oxygen atoms in total. The smallest absolute Gasteiger partial charge is 0.224 e. The number of rotatable bonds is 8. The van der Waals surface area contributed by atoms with Crippen molar-refractivity contribution >= 4 is 0 Å². The van der Waals surface area contributed by atoms with Crippen molar-refractivity contribution in [3.05, 3.63) is 0 Å². The molecule has 3 aliphatic heterocycles. The highest BCUT2D eigenvalue weighted by Gasteiger charge is 2.61. The molecule has 3 heterocycles. The Morgan fingerprint density at radius 3 is 1.50 bits per heavy atom. The predicted molar refractivity (Wildman–Crippen MR) is 101 cm³/mol. The fourth-order valence-electron chi connectivity index (χ4n) is 4.12. The summed E-state index contributed by atoms with van der Waals surface area (Å²) in [5, 5.41) is 109. The largest absolute Gasteiger partial charge is 0.394 e. The Hall–Kier alpha value is -0.640. The summed E-state index contributed by atoms with van der Waals surface area (Å²) >= 11 is 0. The summed E-state index contributed by atoms with van der Waals surface area (Å²) in [6.07, 6.45) is -22.3. The molecule has 3 fully saturated rings. The van der Waals surface area contributed by atoms with Crippen molar-refractivity contribution in [1.29, 1.82) is 0 Å². The monoisotopic (exact) mass is 504 g/mol. The van der Waals surface area contributed by atoms with Crippen molar-refractivity contribution in [3.8, 4) is 0 Å². The van der Waals surface area contributed by atoms with Gasteiger partial charge in [-0.1, -0.05) is 0 Å². The maximum atomic E-state index is 10.6. The first-order valence-electron chi connectivity index (χ1n) is 10.6. The van der Waals surface area contributed by atoms with E-state index in [9.17, 15) is 56.2 Å². The number of hydrogen-bond acceptors (Lipinski definition) is 16. The van der Waals surface area contributed by atoms with E-state index in [1.807, 2.05) is 0 Å². The molecule has 11 N–H and O–H groups in total. The molecular weight excluding hydrogens is 472 g/mol. The number of aliphatic hydroxyl groups excluding tert-OH is 11. The standard InChI is InChI=1S/C18H32O16/c19-1-5-8(23)11(26)13(28)16(30-5)32-15-10(25)7(3-21)33-18(15,4-22)34-17-14(29)12(27)9(24)6(2-20)31-17/h5-17,19-29H,1-4H2/t5-,6-,7-,8+,9-,10-,11+,12+,13-,14-,15+,16+,17-,18+/m1/s1. The van der Waals surface area contributed by atoms with E-state index < -0.39 is 112 Å². The average Bonchev–Trinajstić information content (AvgIpc) is 3.10. The lowest BCUT2D eigenvalue weighted by Gasteiger charge is -2.45. The summed E-state index contributed by atoms with van der Waals surface area (Å²) < 4.78 is 27.0. The molecule has 0 aromatic rings. The summed E-state index contributed by atoms with van der Waals surface area (Å²) in [5.41, 5.74) is 0. The molecule has 0 saturated carbocycles. The normalized spacial score (nSPS) is 52.1. The van der Waals surface area contributed by atoms with E-state index in [0.717, 1.165) is 0 Å². The Kier molecular flexibility index (Phi) is 9.18. The molecule has 0 aromatic heterocycles. The molecule has 0 aliphatic carbocycles. The SMILES string of the molecule is OC[C@H]1O[C@@H](O[C@H]2[C@H](O)[C@@H](CO)O[C@@]2(CO)O[C@H]2O[C@H](CO)[C@@H](O)[C@H](O)[C@H]2O)[C@H](O)[C@@H](O)[C@H]1O. The molecular formula is C18H32O16. The minimum absolute atomic E-state index is 0.777. The van der Waals surface area contributed by atoms with Gasteiger partial charge in [-0.3, -0.25) is 0 Å². The lowest BCUT2D eigenvalue weighted by molar-refractivity contribution is -0.400. The maximum Gasteiger partial charge on any atom is 0.224 e. The van der Waals surface area contributed by atoms with Crippen molar-refractivity contribution in [2.24, 2.45) is 0 Å². The first kappa shape index (κ1) is 27.9. The van der Waals surface area contributed by atoms with Crippen LogP contribution in [0.25, 0.3) is 0 Å². The van der Waals surface area contributed by atoms with E-state index in [1.165, 1.54) is 0 Å². The van der Waals surface area contributed by atoms with Crippen molar-refractivity contribution in [3.63, 3.8) is 0 Å². The highest BCUT2D eigenvalue weighted by molar-refractivity contribution is 5.01.